The maximum absolute atomic E-state index is 11.9. The van der Waals surface area contributed by atoms with Crippen LogP contribution in [0.25, 0.3) is 0 Å². The standard InChI is InChI=1S/C16H26NO2/c1-3-5-7-11-17-12-9-10-15(14-17)16(18)19-13-8-6-4-2/h9-10,12,14H,3-8,11,13H2,1-2H3/q+1. The van der Waals surface area contributed by atoms with Gasteiger partial charge in [-0.05, 0) is 18.9 Å². The van der Waals surface area contributed by atoms with Gasteiger partial charge in [-0.1, -0.05) is 33.1 Å². The second kappa shape index (κ2) is 9.54. The second-order valence-electron chi connectivity index (χ2n) is 4.88. The number of aryl methyl sites for hydroxylation is 1. The smallest absolute Gasteiger partial charge is 0.344 e. The van der Waals surface area contributed by atoms with Gasteiger partial charge in [0.25, 0.3) is 0 Å². The van der Waals surface area contributed by atoms with E-state index in [9.17, 15) is 4.79 Å². The lowest BCUT2D eigenvalue weighted by molar-refractivity contribution is -0.697. The molecule has 0 fully saturated rings. The highest BCUT2D eigenvalue weighted by Crippen LogP contribution is 2.01. The molecule has 106 valence electrons. The van der Waals surface area contributed by atoms with Gasteiger partial charge in [0.1, 0.15) is 12.1 Å². The Labute approximate surface area is 116 Å². The topological polar surface area (TPSA) is 30.2 Å². The average Bonchev–Trinajstić information content (AvgIpc) is 2.44. The van der Waals surface area contributed by atoms with Crippen molar-refractivity contribution in [1.29, 1.82) is 0 Å². The Kier molecular flexibility index (Phi) is 7.87. The molecule has 0 amide bonds. The summed E-state index contributed by atoms with van der Waals surface area (Å²) in [4.78, 5) is 11.9. The van der Waals surface area contributed by atoms with Crippen LogP contribution in [0.1, 0.15) is 62.7 Å². The van der Waals surface area contributed by atoms with Crippen LogP contribution in [0.15, 0.2) is 24.5 Å². The van der Waals surface area contributed by atoms with E-state index in [4.69, 9.17) is 4.74 Å². The van der Waals surface area contributed by atoms with E-state index in [2.05, 4.69) is 18.4 Å². The van der Waals surface area contributed by atoms with Crippen LogP contribution in [0.4, 0.5) is 0 Å². The number of aromatic nitrogens is 1. The summed E-state index contributed by atoms with van der Waals surface area (Å²) in [6.45, 7) is 5.81. The van der Waals surface area contributed by atoms with Crippen LogP contribution < -0.4 is 4.57 Å². The minimum Gasteiger partial charge on any atom is -0.462 e. The van der Waals surface area contributed by atoms with Gasteiger partial charge in [0.2, 0.25) is 0 Å². The predicted octanol–water partition coefficient (Wildman–Crippen LogP) is 3.51. The third kappa shape index (κ3) is 6.37. The molecular weight excluding hydrogens is 238 g/mol. The van der Waals surface area contributed by atoms with Crippen LogP contribution in [0.2, 0.25) is 0 Å². The number of hydrogen-bond acceptors (Lipinski definition) is 2. The van der Waals surface area contributed by atoms with Gasteiger partial charge >= 0.3 is 5.97 Å². The summed E-state index contributed by atoms with van der Waals surface area (Å²) in [5, 5.41) is 0. The number of carbonyl (C=O) groups excluding carboxylic acids is 1. The van der Waals surface area contributed by atoms with Gasteiger partial charge in [-0.2, -0.15) is 0 Å². The zero-order chi connectivity index (χ0) is 13.9. The van der Waals surface area contributed by atoms with Crippen LogP contribution in [0.5, 0.6) is 0 Å². The SMILES string of the molecule is CCCCCOC(=O)c1ccc[n+](CCCCC)c1. The van der Waals surface area contributed by atoms with Gasteiger partial charge in [0.05, 0.1) is 6.61 Å². The van der Waals surface area contributed by atoms with Crippen LogP contribution in [-0.2, 0) is 11.3 Å². The molecule has 0 aliphatic heterocycles. The summed E-state index contributed by atoms with van der Waals surface area (Å²) < 4.78 is 7.33. The summed E-state index contributed by atoms with van der Waals surface area (Å²) in [6, 6.07) is 3.73. The fourth-order valence-electron chi connectivity index (χ4n) is 1.93. The number of carbonyl (C=O) groups is 1. The minimum absolute atomic E-state index is 0.207. The summed E-state index contributed by atoms with van der Waals surface area (Å²) in [5.74, 6) is -0.207. The van der Waals surface area contributed by atoms with Crippen LogP contribution in [-0.4, -0.2) is 12.6 Å². The quantitative estimate of drug-likeness (QED) is 0.388. The van der Waals surface area contributed by atoms with E-state index in [-0.39, 0.29) is 5.97 Å². The van der Waals surface area contributed by atoms with E-state index in [1.165, 1.54) is 12.8 Å². The molecule has 0 aliphatic carbocycles. The zero-order valence-electron chi connectivity index (χ0n) is 12.2. The molecular formula is C16H26NO2+. The van der Waals surface area contributed by atoms with Crippen molar-refractivity contribution in [2.75, 3.05) is 6.61 Å². The molecule has 0 bridgehead atoms. The Morgan fingerprint density at radius 3 is 2.63 bits per heavy atom. The number of nitrogens with zero attached hydrogens (tertiary/aromatic N) is 1. The highest BCUT2D eigenvalue weighted by Gasteiger charge is 2.11. The van der Waals surface area contributed by atoms with Gasteiger partial charge < -0.3 is 4.74 Å². The number of ether oxygens (including phenoxy) is 1. The lowest BCUT2D eigenvalue weighted by Gasteiger charge is -2.03. The lowest BCUT2D eigenvalue weighted by Crippen LogP contribution is -2.33. The zero-order valence-corrected chi connectivity index (χ0v) is 12.2. The molecule has 3 nitrogen and oxygen atoms in total. The Balaban J connectivity index is 2.43. The highest BCUT2D eigenvalue weighted by atomic mass is 16.5. The van der Waals surface area contributed by atoms with Crippen LogP contribution >= 0.6 is 0 Å². The molecule has 1 aromatic heterocycles. The van der Waals surface area contributed by atoms with E-state index in [0.717, 1.165) is 32.2 Å². The third-order valence-corrected chi connectivity index (χ3v) is 3.09. The number of pyridine rings is 1. The van der Waals surface area contributed by atoms with Crippen LogP contribution in [0.3, 0.4) is 0 Å². The Bertz CT molecular complexity index is 377. The van der Waals surface area contributed by atoms with Crippen molar-refractivity contribution in [1.82, 2.24) is 0 Å². The molecule has 1 heterocycles. The molecule has 0 aromatic carbocycles. The molecule has 0 radical (unpaired) electrons. The molecule has 19 heavy (non-hydrogen) atoms. The summed E-state index contributed by atoms with van der Waals surface area (Å²) in [7, 11) is 0. The van der Waals surface area contributed by atoms with E-state index in [1.807, 2.05) is 24.5 Å². The van der Waals surface area contributed by atoms with Crippen molar-refractivity contribution >= 4 is 5.97 Å². The van der Waals surface area contributed by atoms with E-state index in [1.54, 1.807) is 0 Å². The first-order valence-electron chi connectivity index (χ1n) is 7.44. The highest BCUT2D eigenvalue weighted by molar-refractivity contribution is 5.88. The maximum Gasteiger partial charge on any atom is 0.344 e. The van der Waals surface area contributed by atoms with Gasteiger partial charge in [0, 0.05) is 12.5 Å². The number of rotatable bonds is 9. The summed E-state index contributed by atoms with van der Waals surface area (Å²) in [5.41, 5.74) is 0.649. The molecule has 0 saturated heterocycles. The third-order valence-electron chi connectivity index (χ3n) is 3.09. The Morgan fingerprint density at radius 1 is 1.16 bits per heavy atom. The molecule has 0 unspecified atom stereocenters. The van der Waals surface area contributed by atoms with E-state index >= 15 is 0 Å². The summed E-state index contributed by atoms with van der Waals surface area (Å²) in [6.07, 6.45) is 10.7. The van der Waals surface area contributed by atoms with E-state index < -0.39 is 0 Å². The monoisotopic (exact) mass is 264 g/mol. The first-order chi connectivity index (χ1) is 9.27. The van der Waals surface area contributed by atoms with Crippen molar-refractivity contribution in [2.24, 2.45) is 0 Å². The maximum atomic E-state index is 11.9. The van der Waals surface area contributed by atoms with Crippen molar-refractivity contribution in [3.05, 3.63) is 30.1 Å². The lowest BCUT2D eigenvalue weighted by atomic mass is 10.2. The molecule has 3 heteroatoms. The fourth-order valence-corrected chi connectivity index (χ4v) is 1.93. The van der Waals surface area contributed by atoms with Crippen molar-refractivity contribution in [3.8, 4) is 0 Å². The van der Waals surface area contributed by atoms with Crippen LogP contribution in [0, 0.1) is 0 Å². The number of unbranched alkanes of at least 4 members (excludes halogenated alkanes) is 4. The number of hydrogen-bond donors (Lipinski definition) is 0. The van der Waals surface area contributed by atoms with Gasteiger partial charge in [0.15, 0.2) is 12.4 Å². The molecule has 0 atom stereocenters. The largest absolute Gasteiger partial charge is 0.462 e. The normalized spacial score (nSPS) is 10.4. The average molecular weight is 264 g/mol. The molecule has 0 spiro atoms. The Hall–Kier alpha value is -1.38. The van der Waals surface area contributed by atoms with Gasteiger partial charge in [-0.15, -0.1) is 0 Å². The predicted molar refractivity (Wildman–Crippen MR) is 76.0 cm³/mol. The van der Waals surface area contributed by atoms with Gasteiger partial charge in [-0.25, -0.2) is 9.36 Å². The van der Waals surface area contributed by atoms with Crippen molar-refractivity contribution in [2.45, 2.75) is 58.9 Å². The molecule has 0 aliphatic rings. The second-order valence-corrected chi connectivity index (χ2v) is 4.88. The first-order valence-corrected chi connectivity index (χ1v) is 7.44. The molecule has 1 aromatic rings. The number of esters is 1. The van der Waals surface area contributed by atoms with Crippen molar-refractivity contribution < 1.29 is 14.1 Å². The Morgan fingerprint density at radius 2 is 1.89 bits per heavy atom. The van der Waals surface area contributed by atoms with E-state index in [0.29, 0.717) is 12.2 Å². The minimum atomic E-state index is -0.207. The molecule has 0 N–H and O–H groups in total. The molecule has 0 saturated carbocycles. The first kappa shape index (κ1) is 15.7. The summed E-state index contributed by atoms with van der Waals surface area (Å²) >= 11 is 0. The fraction of sp³-hybridized carbons (Fsp3) is 0.625. The van der Waals surface area contributed by atoms with Gasteiger partial charge in [-0.3, -0.25) is 0 Å². The molecule has 1 rings (SSSR count). The van der Waals surface area contributed by atoms with Crippen molar-refractivity contribution in [3.63, 3.8) is 0 Å².